The van der Waals surface area contributed by atoms with E-state index in [0.29, 0.717) is 34.7 Å². The van der Waals surface area contributed by atoms with Crippen molar-refractivity contribution in [1.82, 2.24) is 19.9 Å². The number of halogens is 3. The van der Waals surface area contributed by atoms with Crippen molar-refractivity contribution in [2.75, 3.05) is 19.7 Å². The van der Waals surface area contributed by atoms with E-state index in [2.05, 4.69) is 25.8 Å². The van der Waals surface area contributed by atoms with Crippen molar-refractivity contribution >= 4 is 21.7 Å². The van der Waals surface area contributed by atoms with Gasteiger partial charge in [-0.15, -0.1) is 6.42 Å². The smallest absolute Gasteiger partial charge is 0.317 e. The van der Waals surface area contributed by atoms with E-state index in [-0.39, 0.29) is 34.9 Å². The minimum atomic E-state index is -0.874. The molecule has 5 nitrogen and oxygen atoms in total. The van der Waals surface area contributed by atoms with Gasteiger partial charge in [0.05, 0.1) is 11.1 Å². The van der Waals surface area contributed by atoms with Gasteiger partial charge in [-0.1, -0.05) is 30.2 Å². The van der Waals surface area contributed by atoms with Gasteiger partial charge in [-0.2, -0.15) is 4.98 Å². The molecule has 2 fully saturated rings. The van der Waals surface area contributed by atoms with Crippen LogP contribution in [0.25, 0.3) is 32.9 Å². The number of pyridine rings is 1. The average Bonchev–Trinajstić information content (AvgIpc) is 3.38. The van der Waals surface area contributed by atoms with E-state index in [0.717, 1.165) is 19.4 Å². The maximum atomic E-state index is 15.8. The van der Waals surface area contributed by atoms with Crippen LogP contribution in [0.1, 0.15) is 24.8 Å². The molecule has 2 aromatic heterocycles. The molecule has 0 aliphatic carbocycles. The molecule has 0 N–H and O–H groups in total. The van der Waals surface area contributed by atoms with Crippen molar-refractivity contribution in [1.29, 1.82) is 0 Å². The fourth-order valence-corrected chi connectivity index (χ4v) is 5.55. The van der Waals surface area contributed by atoms with Crippen LogP contribution in [0.2, 0.25) is 0 Å². The predicted octanol–water partition coefficient (Wildman–Crippen LogP) is 5.06. The summed E-state index contributed by atoms with van der Waals surface area (Å²) < 4.78 is 50.2. The highest BCUT2D eigenvalue weighted by Crippen LogP contribution is 2.40. The molecule has 2 saturated heterocycles. The van der Waals surface area contributed by atoms with E-state index in [1.807, 2.05) is 0 Å². The van der Waals surface area contributed by atoms with Gasteiger partial charge in [-0.05, 0) is 30.8 Å². The summed E-state index contributed by atoms with van der Waals surface area (Å²) in [5, 5.41) is 1.48. The number of aromatic nitrogens is 3. The van der Waals surface area contributed by atoms with Crippen molar-refractivity contribution in [3.63, 3.8) is 0 Å². The summed E-state index contributed by atoms with van der Waals surface area (Å²) in [7, 11) is 0. The van der Waals surface area contributed by atoms with Gasteiger partial charge in [0.1, 0.15) is 29.8 Å². The van der Waals surface area contributed by atoms with E-state index in [1.54, 1.807) is 24.3 Å². The highest BCUT2D eigenvalue weighted by atomic mass is 19.1. The maximum Gasteiger partial charge on any atom is 0.317 e. The standard InChI is InChI=1S/C27H21F3N4O/c1-2-19-21(29)8-7-16-5-3-6-20(22(16)19)25-23(30)24-17(12-31-25)13-32-26(33-24)35-15-27-9-4-10-34(27)14-18(28)11-27/h1,3,5-8,12-13,18H,4,9-11,14-15H2/t18-,27+/m1/s1. The largest absolute Gasteiger partial charge is 0.461 e. The minimum Gasteiger partial charge on any atom is -0.461 e. The second-order valence-corrected chi connectivity index (χ2v) is 9.21. The third-order valence-corrected chi connectivity index (χ3v) is 7.17. The SMILES string of the molecule is C#Cc1c(F)ccc2cccc(-c3ncc4cnc(OC[C@@]56CCCN5C[C@H](F)C6)nc4c3F)c12. The first kappa shape index (κ1) is 21.8. The second-order valence-electron chi connectivity index (χ2n) is 9.21. The summed E-state index contributed by atoms with van der Waals surface area (Å²) in [5.74, 6) is 1.14. The Bertz CT molecular complexity index is 1520. The van der Waals surface area contributed by atoms with Crippen LogP contribution in [0.15, 0.2) is 42.7 Å². The number of hydrogen-bond acceptors (Lipinski definition) is 5. The molecule has 0 spiro atoms. The number of terminal acetylenes is 1. The average molecular weight is 474 g/mol. The third-order valence-electron chi connectivity index (χ3n) is 7.17. The monoisotopic (exact) mass is 474 g/mol. The van der Waals surface area contributed by atoms with E-state index < -0.39 is 17.8 Å². The van der Waals surface area contributed by atoms with Crippen LogP contribution in [0, 0.1) is 24.0 Å². The maximum absolute atomic E-state index is 15.8. The topological polar surface area (TPSA) is 51.1 Å². The zero-order valence-corrected chi connectivity index (χ0v) is 18.8. The van der Waals surface area contributed by atoms with Gasteiger partial charge in [-0.3, -0.25) is 9.88 Å². The molecule has 35 heavy (non-hydrogen) atoms. The predicted molar refractivity (Wildman–Crippen MR) is 127 cm³/mol. The Kier molecular flexibility index (Phi) is 5.11. The molecule has 0 saturated carbocycles. The Hall–Kier alpha value is -3.70. The van der Waals surface area contributed by atoms with Gasteiger partial charge < -0.3 is 4.74 Å². The molecule has 8 heteroatoms. The molecule has 4 heterocycles. The molecule has 2 aliphatic rings. The summed E-state index contributed by atoms with van der Waals surface area (Å²) >= 11 is 0. The van der Waals surface area contributed by atoms with Gasteiger partial charge >= 0.3 is 6.01 Å². The number of benzene rings is 2. The molecular weight excluding hydrogens is 453 g/mol. The summed E-state index contributed by atoms with van der Waals surface area (Å²) in [6.07, 6.45) is 9.86. The van der Waals surface area contributed by atoms with Crippen molar-refractivity contribution in [3.8, 4) is 29.6 Å². The van der Waals surface area contributed by atoms with Gasteiger partial charge in [-0.25, -0.2) is 18.2 Å². The van der Waals surface area contributed by atoms with Gasteiger partial charge in [0, 0.05) is 41.7 Å². The van der Waals surface area contributed by atoms with Crippen molar-refractivity contribution in [3.05, 3.63) is 59.9 Å². The first-order chi connectivity index (χ1) is 17.0. The Morgan fingerprint density at radius 3 is 2.86 bits per heavy atom. The number of alkyl halides is 1. The Labute approximate surface area is 200 Å². The lowest BCUT2D eigenvalue weighted by molar-refractivity contribution is 0.107. The molecule has 2 aliphatic heterocycles. The molecular formula is C27H21F3N4O. The Morgan fingerprint density at radius 2 is 2.00 bits per heavy atom. The van der Waals surface area contributed by atoms with Crippen LogP contribution in [0.5, 0.6) is 6.01 Å². The molecule has 176 valence electrons. The van der Waals surface area contributed by atoms with Crippen LogP contribution >= 0.6 is 0 Å². The number of hydrogen-bond donors (Lipinski definition) is 0. The first-order valence-corrected chi connectivity index (χ1v) is 11.5. The third kappa shape index (κ3) is 3.50. The first-order valence-electron chi connectivity index (χ1n) is 11.5. The summed E-state index contributed by atoms with van der Waals surface area (Å²) in [5.41, 5.74) is 0.0981. The lowest BCUT2D eigenvalue weighted by Crippen LogP contribution is -2.43. The lowest BCUT2D eigenvalue weighted by atomic mass is 9.95. The normalized spacial score (nSPS) is 21.9. The van der Waals surface area contributed by atoms with Crippen molar-refractivity contribution in [2.24, 2.45) is 0 Å². The highest BCUT2D eigenvalue weighted by molar-refractivity contribution is 6.01. The van der Waals surface area contributed by atoms with Gasteiger partial charge in [0.2, 0.25) is 0 Å². The lowest BCUT2D eigenvalue weighted by Gasteiger charge is -2.30. The number of ether oxygens (including phenoxy) is 1. The summed E-state index contributed by atoms with van der Waals surface area (Å²) in [6, 6.07) is 8.08. The van der Waals surface area contributed by atoms with Crippen LogP contribution in [0.3, 0.4) is 0 Å². The van der Waals surface area contributed by atoms with Crippen molar-refractivity contribution in [2.45, 2.75) is 31.0 Å². The van der Waals surface area contributed by atoms with Crippen LogP contribution in [0.4, 0.5) is 13.2 Å². The quantitative estimate of drug-likeness (QED) is 0.387. The Balaban J connectivity index is 1.40. The molecule has 4 aromatic rings. The van der Waals surface area contributed by atoms with Crippen LogP contribution in [-0.4, -0.2) is 51.3 Å². The molecule has 6 rings (SSSR count). The number of fused-ring (bicyclic) bond motifs is 3. The molecule has 2 atom stereocenters. The fraction of sp³-hybridized carbons (Fsp3) is 0.296. The van der Waals surface area contributed by atoms with E-state index in [9.17, 15) is 8.78 Å². The summed E-state index contributed by atoms with van der Waals surface area (Å²) in [4.78, 5) is 14.9. The molecule has 2 aromatic carbocycles. The zero-order chi connectivity index (χ0) is 24.2. The number of nitrogens with zero attached hydrogens (tertiary/aromatic N) is 4. The van der Waals surface area contributed by atoms with Gasteiger partial charge in [0.15, 0.2) is 5.82 Å². The molecule has 0 amide bonds. The van der Waals surface area contributed by atoms with E-state index in [1.165, 1.54) is 18.5 Å². The number of rotatable bonds is 4. The highest BCUT2D eigenvalue weighted by Gasteiger charge is 2.49. The minimum absolute atomic E-state index is 0.00600. The van der Waals surface area contributed by atoms with Gasteiger partial charge in [0.25, 0.3) is 0 Å². The van der Waals surface area contributed by atoms with E-state index in [4.69, 9.17) is 11.2 Å². The molecule has 0 radical (unpaired) electrons. The van der Waals surface area contributed by atoms with Crippen LogP contribution in [-0.2, 0) is 0 Å². The zero-order valence-electron chi connectivity index (χ0n) is 18.8. The second kappa shape index (κ2) is 8.21. The Morgan fingerprint density at radius 1 is 1.14 bits per heavy atom. The molecule has 0 unspecified atom stereocenters. The molecule has 0 bridgehead atoms. The van der Waals surface area contributed by atoms with E-state index >= 15 is 4.39 Å². The summed E-state index contributed by atoms with van der Waals surface area (Å²) in [6.45, 7) is 1.50. The van der Waals surface area contributed by atoms with Crippen LogP contribution < -0.4 is 4.74 Å². The van der Waals surface area contributed by atoms with Crippen molar-refractivity contribution < 1.29 is 17.9 Å². The fourth-order valence-electron chi connectivity index (χ4n) is 5.55.